The highest BCUT2D eigenvalue weighted by Crippen LogP contribution is 2.22. The fourth-order valence-electron chi connectivity index (χ4n) is 2.42. The van der Waals surface area contributed by atoms with E-state index in [9.17, 15) is 9.59 Å². The van der Waals surface area contributed by atoms with Gasteiger partial charge in [0.1, 0.15) is 11.6 Å². The molecule has 2 unspecified atom stereocenters. The fourth-order valence-corrected chi connectivity index (χ4v) is 2.42. The Hall–Kier alpha value is -1.10. The van der Waals surface area contributed by atoms with Gasteiger partial charge in [0.05, 0.1) is 6.61 Å². The van der Waals surface area contributed by atoms with E-state index in [2.05, 4.69) is 12.2 Å². The van der Waals surface area contributed by atoms with Crippen LogP contribution in [0.5, 0.6) is 0 Å². The van der Waals surface area contributed by atoms with Crippen molar-refractivity contribution in [2.75, 3.05) is 19.8 Å². The van der Waals surface area contributed by atoms with E-state index in [1.54, 1.807) is 11.8 Å². The molecule has 0 aromatic heterocycles. The quantitative estimate of drug-likeness (QED) is 0.690. The Morgan fingerprint density at radius 2 is 1.95 bits per heavy atom. The van der Waals surface area contributed by atoms with E-state index in [0.29, 0.717) is 32.6 Å². The summed E-state index contributed by atoms with van der Waals surface area (Å²) in [5.41, 5.74) is -0.772. The molecule has 1 aliphatic heterocycles. The van der Waals surface area contributed by atoms with Crippen molar-refractivity contribution in [2.24, 2.45) is 0 Å². The number of amides is 2. The first kappa shape index (κ1) is 17.0. The highest BCUT2D eigenvalue weighted by atomic mass is 16.5. The summed E-state index contributed by atoms with van der Waals surface area (Å²) >= 11 is 0. The first-order chi connectivity index (χ1) is 9.50. The second-order valence-corrected chi connectivity index (χ2v) is 5.56. The zero-order chi connectivity index (χ0) is 15.2. The molecule has 5 nitrogen and oxygen atoms in total. The average molecular weight is 284 g/mol. The van der Waals surface area contributed by atoms with E-state index in [1.165, 1.54) is 0 Å². The van der Waals surface area contributed by atoms with Crippen LogP contribution in [-0.4, -0.2) is 48.1 Å². The van der Waals surface area contributed by atoms with Crippen LogP contribution in [0, 0.1) is 0 Å². The van der Waals surface area contributed by atoms with Crippen LogP contribution in [-0.2, 0) is 14.3 Å². The predicted octanol–water partition coefficient (Wildman–Crippen LogP) is 1.71. The van der Waals surface area contributed by atoms with Gasteiger partial charge >= 0.3 is 0 Å². The van der Waals surface area contributed by atoms with Crippen LogP contribution in [0.2, 0.25) is 0 Å². The number of nitrogens with one attached hydrogen (secondary N) is 1. The first-order valence-electron chi connectivity index (χ1n) is 7.71. The Labute approximate surface area is 122 Å². The number of piperazine rings is 1. The summed E-state index contributed by atoms with van der Waals surface area (Å²) in [5.74, 6) is -0.0458. The zero-order valence-corrected chi connectivity index (χ0v) is 13.2. The molecule has 0 spiro atoms. The van der Waals surface area contributed by atoms with Crippen molar-refractivity contribution in [3.8, 4) is 0 Å². The molecule has 0 radical (unpaired) electrons. The van der Waals surface area contributed by atoms with Crippen LogP contribution in [0.4, 0.5) is 0 Å². The molecule has 1 heterocycles. The predicted molar refractivity (Wildman–Crippen MR) is 78.4 cm³/mol. The summed E-state index contributed by atoms with van der Waals surface area (Å²) in [6.45, 7) is 9.45. The van der Waals surface area contributed by atoms with E-state index in [0.717, 1.165) is 12.8 Å². The Balaban J connectivity index is 2.66. The lowest BCUT2D eigenvalue weighted by molar-refractivity contribution is -0.155. The highest BCUT2D eigenvalue weighted by molar-refractivity contribution is 5.99. The molecule has 20 heavy (non-hydrogen) atoms. The van der Waals surface area contributed by atoms with Gasteiger partial charge in [0.25, 0.3) is 0 Å². The Kier molecular flexibility index (Phi) is 6.46. The van der Waals surface area contributed by atoms with Crippen LogP contribution in [0.1, 0.15) is 53.4 Å². The fraction of sp³-hybridized carbons (Fsp3) is 0.867. The number of carbonyl (C=O) groups excluding carboxylic acids is 2. The number of nitrogens with zero attached hydrogens (tertiary/aromatic N) is 1. The first-order valence-corrected chi connectivity index (χ1v) is 7.71. The van der Waals surface area contributed by atoms with Gasteiger partial charge in [-0.05, 0) is 26.2 Å². The third-order valence-corrected chi connectivity index (χ3v) is 4.02. The van der Waals surface area contributed by atoms with Crippen molar-refractivity contribution >= 4 is 11.8 Å². The monoisotopic (exact) mass is 284 g/mol. The lowest BCUT2D eigenvalue weighted by Crippen LogP contribution is -2.69. The van der Waals surface area contributed by atoms with Crippen LogP contribution in [0.25, 0.3) is 0 Å². The maximum absolute atomic E-state index is 12.6. The molecule has 5 heteroatoms. The largest absolute Gasteiger partial charge is 0.380 e. The van der Waals surface area contributed by atoms with Gasteiger partial charge < -0.3 is 15.0 Å². The highest BCUT2D eigenvalue weighted by Gasteiger charge is 2.45. The van der Waals surface area contributed by atoms with E-state index >= 15 is 0 Å². The van der Waals surface area contributed by atoms with E-state index in [1.807, 2.05) is 13.8 Å². The molecule has 2 amide bonds. The minimum Gasteiger partial charge on any atom is -0.380 e. The maximum Gasteiger partial charge on any atom is 0.248 e. The van der Waals surface area contributed by atoms with Crippen molar-refractivity contribution in [3.63, 3.8) is 0 Å². The molecule has 1 N–H and O–H groups in total. The van der Waals surface area contributed by atoms with Gasteiger partial charge in [-0.3, -0.25) is 9.59 Å². The number of rotatable bonds is 8. The second-order valence-electron chi connectivity index (χ2n) is 5.56. The maximum atomic E-state index is 12.6. The van der Waals surface area contributed by atoms with Crippen molar-refractivity contribution < 1.29 is 14.3 Å². The Bertz CT molecular complexity index is 346. The van der Waals surface area contributed by atoms with Crippen molar-refractivity contribution in [1.82, 2.24) is 10.2 Å². The Morgan fingerprint density at radius 3 is 2.50 bits per heavy atom. The summed E-state index contributed by atoms with van der Waals surface area (Å²) in [6.07, 6.45) is 3.35. The molecular weight excluding hydrogens is 256 g/mol. The molecule has 1 fully saturated rings. The molecule has 0 aromatic rings. The number of ether oxygens (including phenoxy) is 1. The van der Waals surface area contributed by atoms with Crippen molar-refractivity contribution in [1.29, 1.82) is 0 Å². The molecule has 0 saturated carbocycles. The van der Waals surface area contributed by atoms with E-state index in [-0.39, 0.29) is 17.9 Å². The van der Waals surface area contributed by atoms with Gasteiger partial charge in [0, 0.05) is 13.2 Å². The number of carbonyl (C=O) groups is 2. The number of hydrogen-bond donors (Lipinski definition) is 1. The molecule has 0 aromatic carbocycles. The average Bonchev–Trinajstić information content (AvgIpc) is 2.43. The van der Waals surface area contributed by atoms with Gasteiger partial charge in [-0.2, -0.15) is 0 Å². The van der Waals surface area contributed by atoms with Crippen LogP contribution in [0.3, 0.4) is 0 Å². The smallest absolute Gasteiger partial charge is 0.248 e. The van der Waals surface area contributed by atoms with Crippen molar-refractivity contribution in [2.45, 2.75) is 65.0 Å². The van der Waals surface area contributed by atoms with E-state index < -0.39 is 5.54 Å². The van der Waals surface area contributed by atoms with Gasteiger partial charge in [-0.1, -0.05) is 27.2 Å². The second kappa shape index (κ2) is 7.62. The summed E-state index contributed by atoms with van der Waals surface area (Å²) in [7, 11) is 0. The third-order valence-electron chi connectivity index (χ3n) is 4.02. The lowest BCUT2D eigenvalue weighted by Gasteiger charge is -2.43. The standard InChI is InChI=1S/C15H28N2O3/c1-5-8-10-20-11-9-17-12(6-2)13(18)16-15(4,7-3)14(17)19/h12H,5-11H2,1-4H3,(H,16,18). The molecule has 116 valence electrons. The molecular formula is C15H28N2O3. The third kappa shape index (κ3) is 3.72. The van der Waals surface area contributed by atoms with Gasteiger partial charge in [0.15, 0.2) is 0 Å². The molecule has 1 rings (SSSR count). The molecule has 2 atom stereocenters. The molecule has 0 aliphatic carbocycles. The van der Waals surface area contributed by atoms with Gasteiger partial charge in [0.2, 0.25) is 11.8 Å². The minimum absolute atomic E-state index is 0.00513. The molecule has 0 bridgehead atoms. The van der Waals surface area contributed by atoms with Crippen molar-refractivity contribution in [3.05, 3.63) is 0 Å². The van der Waals surface area contributed by atoms with Gasteiger partial charge in [-0.15, -0.1) is 0 Å². The summed E-state index contributed by atoms with van der Waals surface area (Å²) in [5, 5.41) is 2.86. The van der Waals surface area contributed by atoms with E-state index in [4.69, 9.17) is 4.74 Å². The Morgan fingerprint density at radius 1 is 1.25 bits per heavy atom. The molecule has 1 aliphatic rings. The summed E-state index contributed by atoms with van der Waals surface area (Å²) in [6, 6.07) is -0.364. The number of unbranched alkanes of at least 4 members (excludes halogenated alkanes) is 1. The topological polar surface area (TPSA) is 58.6 Å². The molecule has 1 saturated heterocycles. The summed E-state index contributed by atoms with van der Waals surface area (Å²) < 4.78 is 5.53. The van der Waals surface area contributed by atoms with Crippen LogP contribution < -0.4 is 5.32 Å². The normalized spacial score (nSPS) is 26.8. The van der Waals surface area contributed by atoms with Crippen LogP contribution >= 0.6 is 0 Å². The van der Waals surface area contributed by atoms with Crippen LogP contribution in [0.15, 0.2) is 0 Å². The van der Waals surface area contributed by atoms with Gasteiger partial charge in [-0.25, -0.2) is 0 Å². The zero-order valence-electron chi connectivity index (χ0n) is 13.2. The SMILES string of the molecule is CCCCOCCN1C(=O)C(C)(CC)NC(=O)C1CC. The number of hydrogen-bond acceptors (Lipinski definition) is 3. The minimum atomic E-state index is -0.772. The lowest BCUT2D eigenvalue weighted by atomic mass is 9.91. The summed E-state index contributed by atoms with van der Waals surface area (Å²) in [4.78, 5) is 26.4.